The first kappa shape index (κ1) is 37.8. The van der Waals surface area contributed by atoms with Crippen molar-refractivity contribution in [2.45, 2.75) is 44.1 Å². The maximum absolute atomic E-state index is 14.4. The van der Waals surface area contributed by atoms with Crippen LogP contribution in [0.1, 0.15) is 42.7 Å². The van der Waals surface area contributed by atoms with Crippen LogP contribution in [0.15, 0.2) is 47.2 Å². The Morgan fingerprint density at radius 3 is 2.20 bits per heavy atom. The van der Waals surface area contributed by atoms with Crippen LogP contribution in [-0.2, 0) is 34.4 Å². The van der Waals surface area contributed by atoms with Crippen molar-refractivity contribution in [1.29, 1.82) is 0 Å². The highest BCUT2D eigenvalue weighted by atomic mass is 31.2. The fourth-order valence-electron chi connectivity index (χ4n) is 7.63. The third kappa shape index (κ3) is 6.06. The van der Waals surface area contributed by atoms with Crippen LogP contribution in [0.25, 0.3) is 5.76 Å². The summed E-state index contributed by atoms with van der Waals surface area (Å²) in [5.74, 6) is -8.17. The van der Waals surface area contributed by atoms with Gasteiger partial charge < -0.3 is 50.2 Å². The Morgan fingerprint density at radius 2 is 1.69 bits per heavy atom. The predicted molar refractivity (Wildman–Crippen MR) is 189 cm³/mol. The van der Waals surface area contributed by atoms with Gasteiger partial charge in [-0.1, -0.05) is 12.1 Å². The molecule has 0 aromatic heterocycles. The molecule has 7 N–H and O–H groups in total. The van der Waals surface area contributed by atoms with Crippen LogP contribution in [0.2, 0.25) is 0 Å². The summed E-state index contributed by atoms with van der Waals surface area (Å²) in [6, 6.07) is 7.09. The SMILES string of the molecule is CCOP(=O)(OCC)C(Nc1cc(N(C)C)c2c(c1O)C(O)=C1C(=O)[C@]3(O)C(O)=C(C(N)=O)C(=O)[C@H](N(C)C)[C@H]3C[C@@H]1C2)c1ccc(OC)cc1. The molecule has 3 aliphatic carbocycles. The molecule has 0 saturated heterocycles. The minimum absolute atomic E-state index is 0.0121. The zero-order valence-corrected chi connectivity index (χ0v) is 30.5. The lowest BCUT2D eigenvalue weighted by atomic mass is 9.57. The summed E-state index contributed by atoms with van der Waals surface area (Å²) in [5, 5.41) is 50.1. The standard InChI is InChI=1S/C35H45N4O11P/c1-8-49-51(47,50-9-2)34(17-10-12-19(48-7)13-11-17)37-22-16-23(38(3)4)20-14-18-15-21-27(39(5)6)30(42)26(33(36)45)32(44)35(21,46)31(43)24(18)29(41)25(20)28(22)40/h10-13,16,18,21,27,34,37,40-41,44,46H,8-9,14-15H2,1-7H3,(H2,36,45)/t18-,21+,27+,34?,35-/m0/s1. The van der Waals surface area contributed by atoms with Crippen molar-refractivity contribution in [1.82, 2.24) is 4.90 Å². The first-order valence-electron chi connectivity index (χ1n) is 16.5. The first-order valence-corrected chi connectivity index (χ1v) is 18.1. The van der Waals surface area contributed by atoms with Crippen molar-refractivity contribution in [3.8, 4) is 11.5 Å². The molecule has 0 bridgehead atoms. The Hall–Kier alpha value is -4.40. The molecule has 0 spiro atoms. The van der Waals surface area contributed by atoms with Gasteiger partial charge in [0.2, 0.25) is 5.78 Å². The number of aliphatic hydroxyl groups is 3. The van der Waals surface area contributed by atoms with Crippen molar-refractivity contribution in [3.05, 3.63) is 63.9 Å². The summed E-state index contributed by atoms with van der Waals surface area (Å²) in [6.07, 6.45) is 0.0407. The molecular weight excluding hydrogens is 683 g/mol. The number of rotatable bonds is 12. The predicted octanol–water partition coefficient (Wildman–Crippen LogP) is 3.42. The number of methoxy groups -OCH3 is 1. The average Bonchev–Trinajstić information content (AvgIpc) is 3.05. The molecule has 16 heteroatoms. The van der Waals surface area contributed by atoms with Gasteiger partial charge in [-0.3, -0.25) is 23.8 Å². The summed E-state index contributed by atoms with van der Waals surface area (Å²) < 4.78 is 31.0. The molecule has 0 radical (unpaired) electrons. The molecule has 1 saturated carbocycles. The summed E-state index contributed by atoms with van der Waals surface area (Å²) in [5.41, 5.74) is 2.83. The number of likely N-dealkylation sites (N-methyl/N-ethyl adjacent to an activating group) is 1. The summed E-state index contributed by atoms with van der Waals surface area (Å²) in [6.45, 7) is 3.42. The fraction of sp³-hybridized carbons (Fsp3) is 0.457. The number of carbonyl (C=O) groups excluding carboxylic acids is 3. The lowest BCUT2D eigenvalue weighted by Gasteiger charge is -2.50. The van der Waals surface area contributed by atoms with Gasteiger partial charge in [-0.15, -0.1) is 0 Å². The van der Waals surface area contributed by atoms with Crippen LogP contribution < -0.4 is 20.7 Å². The number of aromatic hydroxyl groups is 1. The highest BCUT2D eigenvalue weighted by molar-refractivity contribution is 7.54. The van der Waals surface area contributed by atoms with Crippen LogP contribution >= 0.6 is 7.60 Å². The molecule has 15 nitrogen and oxygen atoms in total. The van der Waals surface area contributed by atoms with Gasteiger partial charge in [0.25, 0.3) is 5.91 Å². The number of hydrogen-bond acceptors (Lipinski definition) is 14. The number of ether oxygens (including phenoxy) is 1. The minimum Gasteiger partial charge on any atom is -0.508 e. The normalized spacial score (nSPS) is 23.8. The number of hydrogen-bond donors (Lipinski definition) is 6. The van der Waals surface area contributed by atoms with Crippen LogP contribution in [0, 0.1) is 11.8 Å². The van der Waals surface area contributed by atoms with Crippen LogP contribution in [0.4, 0.5) is 11.4 Å². The van der Waals surface area contributed by atoms with Gasteiger partial charge in [-0.05, 0) is 76.0 Å². The number of anilines is 2. The van der Waals surface area contributed by atoms with Gasteiger partial charge in [-0.2, -0.15) is 0 Å². The molecule has 1 unspecified atom stereocenters. The number of amides is 1. The lowest BCUT2D eigenvalue weighted by Crippen LogP contribution is -2.65. The van der Waals surface area contributed by atoms with E-state index in [4.69, 9.17) is 19.5 Å². The smallest absolute Gasteiger partial charge is 0.357 e. The number of primary amides is 1. The quantitative estimate of drug-likeness (QED) is 0.105. The van der Waals surface area contributed by atoms with E-state index in [-0.39, 0.29) is 42.9 Å². The number of nitrogens with two attached hydrogens (primary N) is 1. The monoisotopic (exact) mass is 728 g/mol. The summed E-state index contributed by atoms with van der Waals surface area (Å²) in [7, 11) is 4.11. The number of fused-ring (bicyclic) bond motifs is 3. The van der Waals surface area contributed by atoms with E-state index in [2.05, 4.69) is 5.32 Å². The molecule has 2 aromatic rings. The van der Waals surface area contributed by atoms with E-state index < -0.39 is 77.2 Å². The molecule has 5 atom stereocenters. The number of phenolic OH excluding ortho intramolecular Hbond substituents is 1. The van der Waals surface area contributed by atoms with Gasteiger partial charge >= 0.3 is 7.60 Å². The van der Waals surface area contributed by atoms with Gasteiger partial charge in [0.15, 0.2) is 17.2 Å². The van der Waals surface area contributed by atoms with Crippen LogP contribution in [-0.4, -0.2) is 103 Å². The molecule has 51 heavy (non-hydrogen) atoms. The maximum Gasteiger partial charge on any atom is 0.357 e. The minimum atomic E-state index is -3.98. The molecule has 3 aliphatic rings. The number of aliphatic hydroxyl groups excluding tert-OH is 2. The summed E-state index contributed by atoms with van der Waals surface area (Å²) >= 11 is 0. The third-order valence-corrected chi connectivity index (χ3v) is 12.1. The largest absolute Gasteiger partial charge is 0.508 e. The first-order chi connectivity index (χ1) is 24.0. The second-order valence-corrected chi connectivity index (χ2v) is 15.3. The third-order valence-electron chi connectivity index (χ3n) is 9.84. The Bertz CT molecular complexity index is 1860. The zero-order chi connectivity index (χ0) is 37.7. The van der Waals surface area contributed by atoms with Crippen molar-refractivity contribution < 1.29 is 53.2 Å². The van der Waals surface area contributed by atoms with E-state index in [1.165, 1.54) is 12.0 Å². The second kappa shape index (κ2) is 14.0. The highest BCUT2D eigenvalue weighted by Gasteiger charge is 2.64. The number of nitrogens with one attached hydrogen (secondary N) is 1. The molecule has 1 fully saturated rings. The Balaban J connectivity index is 1.72. The number of nitrogens with zero attached hydrogens (tertiary/aromatic N) is 2. The van der Waals surface area contributed by atoms with E-state index in [0.717, 1.165) is 0 Å². The topological polar surface area (TPSA) is 221 Å². The molecular formula is C35H45N4O11P. The number of benzene rings is 2. The van der Waals surface area contributed by atoms with E-state index in [1.807, 2.05) is 0 Å². The molecule has 0 heterocycles. The van der Waals surface area contributed by atoms with E-state index in [9.17, 15) is 39.4 Å². The van der Waals surface area contributed by atoms with Gasteiger partial charge in [0.05, 0.1) is 37.6 Å². The fourth-order valence-corrected chi connectivity index (χ4v) is 9.55. The molecule has 1 amide bonds. The summed E-state index contributed by atoms with van der Waals surface area (Å²) in [4.78, 5) is 43.3. The Morgan fingerprint density at radius 1 is 1.08 bits per heavy atom. The van der Waals surface area contributed by atoms with Crippen LogP contribution in [0.5, 0.6) is 11.5 Å². The zero-order valence-electron chi connectivity index (χ0n) is 29.6. The van der Waals surface area contributed by atoms with Crippen molar-refractivity contribution in [3.63, 3.8) is 0 Å². The molecule has 276 valence electrons. The number of Topliss-reactive ketones (excluding diaryl/α,β-unsaturated/α-hetero) is 2. The van der Waals surface area contributed by atoms with Crippen molar-refractivity contribution >= 4 is 42.2 Å². The van der Waals surface area contributed by atoms with Crippen molar-refractivity contribution in [2.75, 3.05) is 58.7 Å². The van der Waals surface area contributed by atoms with Crippen LogP contribution in [0.3, 0.4) is 0 Å². The highest BCUT2D eigenvalue weighted by Crippen LogP contribution is 2.62. The van der Waals surface area contributed by atoms with Gasteiger partial charge in [0.1, 0.15) is 28.6 Å². The van der Waals surface area contributed by atoms with Crippen molar-refractivity contribution in [2.24, 2.45) is 17.6 Å². The number of phenols is 1. The lowest BCUT2D eigenvalue weighted by molar-refractivity contribution is -0.153. The molecule has 2 aromatic carbocycles. The van der Waals surface area contributed by atoms with Gasteiger partial charge in [-0.25, -0.2) is 0 Å². The molecule has 0 aliphatic heterocycles. The number of carbonyl (C=O) groups is 3. The van der Waals surface area contributed by atoms with E-state index in [0.29, 0.717) is 22.6 Å². The Labute approximate surface area is 295 Å². The van der Waals surface area contributed by atoms with Gasteiger partial charge in [0, 0.05) is 31.3 Å². The van der Waals surface area contributed by atoms with E-state index >= 15 is 0 Å². The maximum atomic E-state index is 14.4. The second-order valence-electron chi connectivity index (χ2n) is 13.2. The Kier molecular flexibility index (Phi) is 10.4. The molecule has 5 rings (SSSR count). The average molecular weight is 729 g/mol. The van der Waals surface area contributed by atoms with E-state index in [1.54, 1.807) is 77.3 Å². The number of ketones is 2.